The van der Waals surface area contributed by atoms with Crippen molar-refractivity contribution in [3.05, 3.63) is 40.4 Å². The quantitative estimate of drug-likeness (QED) is 0.907. The van der Waals surface area contributed by atoms with E-state index in [1.54, 1.807) is 18.3 Å². The predicted molar refractivity (Wildman–Crippen MR) is 76.7 cm³/mol. The van der Waals surface area contributed by atoms with Gasteiger partial charge in [-0.25, -0.2) is 4.79 Å². The van der Waals surface area contributed by atoms with E-state index in [9.17, 15) is 10.1 Å². The molecule has 1 fully saturated rings. The molecule has 0 bridgehead atoms. The minimum atomic E-state index is -0.349. The molecule has 0 aliphatic heterocycles. The standard InChI is InChI=1S/C15H16N4O/c16-10-12-13-8-4-5-9-19(13)15(20)18-14(12)17-11-6-2-1-3-7-11/h4-5,8-9,11H,1-3,6-7H2,(H,17,18,20). The van der Waals surface area contributed by atoms with Crippen LogP contribution in [0.5, 0.6) is 0 Å². The van der Waals surface area contributed by atoms with E-state index in [0.29, 0.717) is 22.9 Å². The van der Waals surface area contributed by atoms with Gasteiger partial charge in [-0.2, -0.15) is 10.2 Å². The van der Waals surface area contributed by atoms with E-state index in [2.05, 4.69) is 16.4 Å². The van der Waals surface area contributed by atoms with Crippen molar-refractivity contribution < 1.29 is 0 Å². The van der Waals surface area contributed by atoms with E-state index in [-0.39, 0.29) is 5.69 Å². The molecule has 0 amide bonds. The summed E-state index contributed by atoms with van der Waals surface area (Å²) in [5, 5.41) is 12.7. The normalized spacial score (nSPS) is 15.9. The van der Waals surface area contributed by atoms with E-state index in [0.717, 1.165) is 12.8 Å². The summed E-state index contributed by atoms with van der Waals surface area (Å²) in [4.78, 5) is 16.1. The monoisotopic (exact) mass is 268 g/mol. The lowest BCUT2D eigenvalue weighted by atomic mass is 9.95. The Kier molecular flexibility index (Phi) is 3.38. The third-order valence-electron chi connectivity index (χ3n) is 3.82. The molecular weight excluding hydrogens is 252 g/mol. The fourth-order valence-electron chi connectivity index (χ4n) is 2.80. The van der Waals surface area contributed by atoms with E-state index in [4.69, 9.17) is 0 Å². The van der Waals surface area contributed by atoms with Crippen LogP contribution in [0.4, 0.5) is 5.82 Å². The van der Waals surface area contributed by atoms with Crippen molar-refractivity contribution in [3.8, 4) is 6.07 Å². The fraction of sp³-hybridized carbons (Fsp3) is 0.400. The Morgan fingerprint density at radius 1 is 1.30 bits per heavy atom. The molecule has 0 radical (unpaired) electrons. The molecule has 2 heterocycles. The van der Waals surface area contributed by atoms with Gasteiger partial charge in [0.15, 0.2) is 5.82 Å². The number of nitriles is 1. The number of fused-ring (bicyclic) bond motifs is 1. The molecule has 0 atom stereocenters. The maximum Gasteiger partial charge on any atom is 0.354 e. The van der Waals surface area contributed by atoms with Crippen LogP contribution >= 0.6 is 0 Å². The first-order valence-electron chi connectivity index (χ1n) is 6.97. The average Bonchev–Trinajstić information content (AvgIpc) is 2.49. The summed E-state index contributed by atoms with van der Waals surface area (Å²) in [6, 6.07) is 7.83. The second-order valence-electron chi connectivity index (χ2n) is 5.16. The van der Waals surface area contributed by atoms with Crippen molar-refractivity contribution in [2.45, 2.75) is 38.1 Å². The van der Waals surface area contributed by atoms with Crippen LogP contribution in [0.3, 0.4) is 0 Å². The van der Waals surface area contributed by atoms with Crippen LogP contribution in [-0.2, 0) is 0 Å². The molecule has 102 valence electrons. The minimum absolute atomic E-state index is 0.314. The molecule has 0 aromatic carbocycles. The number of anilines is 1. The van der Waals surface area contributed by atoms with Crippen LogP contribution in [0.15, 0.2) is 29.2 Å². The van der Waals surface area contributed by atoms with Gasteiger partial charge in [-0.3, -0.25) is 4.40 Å². The summed E-state index contributed by atoms with van der Waals surface area (Å²) in [7, 11) is 0. The van der Waals surface area contributed by atoms with Crippen molar-refractivity contribution in [1.29, 1.82) is 5.26 Å². The lowest BCUT2D eigenvalue weighted by molar-refractivity contribution is 0.461. The van der Waals surface area contributed by atoms with Gasteiger partial charge in [0.1, 0.15) is 11.6 Å². The third kappa shape index (κ3) is 2.25. The maximum atomic E-state index is 12.0. The van der Waals surface area contributed by atoms with Gasteiger partial charge < -0.3 is 5.32 Å². The highest BCUT2D eigenvalue weighted by atomic mass is 16.1. The number of aromatic nitrogens is 2. The molecular formula is C15H16N4O. The van der Waals surface area contributed by atoms with Crippen molar-refractivity contribution >= 4 is 11.3 Å². The Balaban J connectivity index is 2.06. The van der Waals surface area contributed by atoms with Crippen molar-refractivity contribution in [2.75, 3.05) is 5.32 Å². The minimum Gasteiger partial charge on any atom is -0.366 e. The van der Waals surface area contributed by atoms with Crippen molar-refractivity contribution in [2.24, 2.45) is 0 Å². The molecule has 20 heavy (non-hydrogen) atoms. The van der Waals surface area contributed by atoms with Crippen LogP contribution in [-0.4, -0.2) is 15.4 Å². The topological polar surface area (TPSA) is 70.2 Å². The molecule has 5 nitrogen and oxygen atoms in total. The van der Waals surface area contributed by atoms with Gasteiger partial charge >= 0.3 is 5.69 Å². The maximum absolute atomic E-state index is 12.0. The molecule has 0 saturated heterocycles. The lowest BCUT2D eigenvalue weighted by Gasteiger charge is -2.23. The second-order valence-corrected chi connectivity index (χ2v) is 5.16. The van der Waals surface area contributed by atoms with Gasteiger partial charge in [0, 0.05) is 12.2 Å². The van der Waals surface area contributed by atoms with Crippen LogP contribution in [0.25, 0.3) is 5.52 Å². The predicted octanol–water partition coefficient (Wildman–Crippen LogP) is 2.31. The number of nitrogens with zero attached hydrogens (tertiary/aromatic N) is 3. The first kappa shape index (κ1) is 12.7. The smallest absolute Gasteiger partial charge is 0.354 e. The molecule has 2 aromatic rings. The van der Waals surface area contributed by atoms with Crippen LogP contribution in [0.2, 0.25) is 0 Å². The highest BCUT2D eigenvalue weighted by molar-refractivity contribution is 5.70. The molecule has 0 unspecified atom stereocenters. The summed E-state index contributed by atoms with van der Waals surface area (Å²) in [6.07, 6.45) is 7.41. The number of hydrogen-bond acceptors (Lipinski definition) is 4. The van der Waals surface area contributed by atoms with E-state index in [1.807, 2.05) is 6.07 Å². The van der Waals surface area contributed by atoms with E-state index in [1.165, 1.54) is 23.7 Å². The number of rotatable bonds is 2. The van der Waals surface area contributed by atoms with Gasteiger partial charge in [-0.1, -0.05) is 25.3 Å². The van der Waals surface area contributed by atoms with Gasteiger partial charge in [-0.15, -0.1) is 0 Å². The molecule has 3 rings (SSSR count). The number of hydrogen-bond donors (Lipinski definition) is 1. The van der Waals surface area contributed by atoms with Crippen LogP contribution in [0, 0.1) is 11.3 Å². The van der Waals surface area contributed by atoms with Crippen molar-refractivity contribution in [1.82, 2.24) is 9.38 Å². The van der Waals surface area contributed by atoms with E-state index >= 15 is 0 Å². The van der Waals surface area contributed by atoms with Crippen LogP contribution in [0.1, 0.15) is 37.7 Å². The number of pyridine rings is 1. The summed E-state index contributed by atoms with van der Waals surface area (Å²) in [5.74, 6) is 0.426. The molecule has 0 spiro atoms. The Bertz CT molecular complexity index is 723. The van der Waals surface area contributed by atoms with E-state index < -0.39 is 0 Å². The molecule has 5 heteroatoms. The molecule has 1 aliphatic rings. The fourth-order valence-corrected chi connectivity index (χ4v) is 2.80. The zero-order valence-electron chi connectivity index (χ0n) is 11.2. The Morgan fingerprint density at radius 2 is 2.10 bits per heavy atom. The third-order valence-corrected chi connectivity index (χ3v) is 3.82. The molecule has 1 aliphatic carbocycles. The first-order chi connectivity index (χ1) is 9.79. The van der Waals surface area contributed by atoms with Gasteiger partial charge in [0.2, 0.25) is 0 Å². The average molecular weight is 268 g/mol. The summed E-state index contributed by atoms with van der Waals surface area (Å²) in [5.41, 5.74) is 0.696. The van der Waals surface area contributed by atoms with Gasteiger partial charge in [0.25, 0.3) is 0 Å². The SMILES string of the molecule is N#Cc1c(NC2CCCCC2)nc(=O)n2ccccc12. The summed E-state index contributed by atoms with van der Waals surface area (Å²) in [6.45, 7) is 0. The first-order valence-corrected chi connectivity index (χ1v) is 6.97. The Labute approximate surface area is 116 Å². The molecule has 2 aromatic heterocycles. The molecule has 1 saturated carbocycles. The van der Waals surface area contributed by atoms with Gasteiger partial charge in [0.05, 0.1) is 5.52 Å². The zero-order valence-corrected chi connectivity index (χ0v) is 11.2. The summed E-state index contributed by atoms with van der Waals surface area (Å²) >= 11 is 0. The zero-order chi connectivity index (χ0) is 13.9. The second kappa shape index (κ2) is 5.33. The lowest BCUT2D eigenvalue weighted by Crippen LogP contribution is -2.27. The number of nitrogens with one attached hydrogen (secondary N) is 1. The Hall–Kier alpha value is -2.35. The highest BCUT2D eigenvalue weighted by Crippen LogP contribution is 2.23. The van der Waals surface area contributed by atoms with Crippen molar-refractivity contribution in [3.63, 3.8) is 0 Å². The molecule has 1 N–H and O–H groups in total. The summed E-state index contributed by atoms with van der Waals surface area (Å²) < 4.78 is 1.41. The largest absolute Gasteiger partial charge is 0.366 e. The van der Waals surface area contributed by atoms with Gasteiger partial charge in [-0.05, 0) is 25.0 Å². The Morgan fingerprint density at radius 3 is 2.85 bits per heavy atom. The highest BCUT2D eigenvalue weighted by Gasteiger charge is 2.17. The van der Waals surface area contributed by atoms with Crippen LogP contribution < -0.4 is 11.0 Å².